The first-order valence-electron chi connectivity index (χ1n) is 8.05. The van der Waals surface area contributed by atoms with Crippen LogP contribution in [-0.4, -0.2) is 28.5 Å². The zero-order chi connectivity index (χ0) is 17.6. The number of carbonyl (C=O) groups excluding carboxylic acids is 2. The molecule has 0 radical (unpaired) electrons. The molecule has 1 atom stereocenters. The Morgan fingerprint density at radius 1 is 1.36 bits per heavy atom. The smallest absolute Gasteiger partial charge is 0.315 e. The Kier molecular flexibility index (Phi) is 5.13. The van der Waals surface area contributed by atoms with Crippen molar-refractivity contribution in [3.8, 4) is 0 Å². The number of esters is 1. The summed E-state index contributed by atoms with van der Waals surface area (Å²) in [5.41, 5.74) is 2.06. The van der Waals surface area contributed by atoms with Crippen molar-refractivity contribution < 1.29 is 18.7 Å². The summed E-state index contributed by atoms with van der Waals surface area (Å²) < 4.78 is 10.2. The molecule has 0 aliphatic heterocycles. The van der Waals surface area contributed by atoms with Gasteiger partial charge in [0.15, 0.2) is 6.39 Å². The molecule has 0 fully saturated rings. The van der Waals surface area contributed by atoms with Crippen LogP contribution in [0.15, 0.2) is 47.5 Å². The molecular weight excluding hydrogens is 322 g/mol. The highest BCUT2D eigenvalue weighted by atomic mass is 16.5. The molecule has 0 unspecified atom stereocenters. The summed E-state index contributed by atoms with van der Waals surface area (Å²) in [7, 11) is 0. The molecule has 0 spiro atoms. The molecular formula is C18H19N3O4. The first-order valence-corrected chi connectivity index (χ1v) is 8.05. The molecule has 25 heavy (non-hydrogen) atoms. The molecule has 3 rings (SSSR count). The number of hydrogen-bond donors (Lipinski definition) is 2. The number of aromatic amines is 1. The number of hydrogen-bond acceptors (Lipinski definition) is 5. The fraction of sp³-hybridized carbons (Fsp3) is 0.278. The van der Waals surface area contributed by atoms with E-state index in [-0.39, 0.29) is 13.0 Å². The van der Waals surface area contributed by atoms with Gasteiger partial charge in [0.1, 0.15) is 12.2 Å². The molecule has 7 heteroatoms. The van der Waals surface area contributed by atoms with Crippen molar-refractivity contribution in [2.24, 2.45) is 0 Å². The highest BCUT2D eigenvalue weighted by Crippen LogP contribution is 2.24. The van der Waals surface area contributed by atoms with Gasteiger partial charge in [-0.05, 0) is 18.6 Å². The van der Waals surface area contributed by atoms with Crippen molar-refractivity contribution in [3.63, 3.8) is 0 Å². The quantitative estimate of drug-likeness (QED) is 0.508. The molecule has 0 bridgehead atoms. The summed E-state index contributed by atoms with van der Waals surface area (Å²) in [5.74, 6) is -0.439. The summed E-state index contributed by atoms with van der Waals surface area (Å²) >= 11 is 0. The van der Waals surface area contributed by atoms with E-state index in [9.17, 15) is 9.59 Å². The second-order valence-corrected chi connectivity index (χ2v) is 5.57. The zero-order valence-corrected chi connectivity index (χ0v) is 13.8. The van der Waals surface area contributed by atoms with Crippen LogP contribution < -0.4 is 5.32 Å². The molecule has 0 aliphatic carbocycles. The first kappa shape index (κ1) is 16.8. The van der Waals surface area contributed by atoms with Crippen LogP contribution in [0.4, 0.5) is 0 Å². The predicted molar refractivity (Wildman–Crippen MR) is 90.6 cm³/mol. The Morgan fingerprint density at radius 2 is 2.20 bits per heavy atom. The number of amides is 1. The summed E-state index contributed by atoms with van der Waals surface area (Å²) in [6.45, 7) is 1.94. The summed E-state index contributed by atoms with van der Waals surface area (Å²) in [6.07, 6.45) is 4.96. The highest BCUT2D eigenvalue weighted by molar-refractivity contribution is 5.94. The lowest BCUT2D eigenvalue weighted by Gasteiger charge is -2.16. The standard InChI is InChI=1S/C18H19N3O4/c1-2-24-18(23)8-17(22)21-15(16-10-19-11-25-16)7-12-9-20-14-6-4-3-5-13(12)14/h3-6,9-11,15,20H,2,7-8H2,1H3,(H,21,22)/t15-/m0/s1. The minimum Gasteiger partial charge on any atom is -0.466 e. The van der Waals surface area contributed by atoms with Crippen LogP contribution in [-0.2, 0) is 20.7 Å². The normalized spacial score (nSPS) is 12.0. The van der Waals surface area contributed by atoms with Gasteiger partial charge < -0.3 is 19.5 Å². The van der Waals surface area contributed by atoms with Gasteiger partial charge in [-0.15, -0.1) is 0 Å². The van der Waals surface area contributed by atoms with Gasteiger partial charge in [0.25, 0.3) is 0 Å². The minimum atomic E-state index is -0.552. The number of aromatic nitrogens is 2. The lowest BCUT2D eigenvalue weighted by Crippen LogP contribution is -2.31. The van der Waals surface area contributed by atoms with E-state index in [0.29, 0.717) is 12.2 Å². The molecule has 0 saturated heterocycles. The van der Waals surface area contributed by atoms with E-state index in [2.05, 4.69) is 15.3 Å². The second-order valence-electron chi connectivity index (χ2n) is 5.57. The summed E-state index contributed by atoms with van der Waals surface area (Å²) in [6, 6.07) is 7.49. The third-order valence-electron chi connectivity index (χ3n) is 3.84. The van der Waals surface area contributed by atoms with E-state index in [1.54, 1.807) is 13.1 Å². The number of nitrogens with zero attached hydrogens (tertiary/aromatic N) is 1. The van der Waals surface area contributed by atoms with Gasteiger partial charge in [-0.25, -0.2) is 4.98 Å². The Hall–Kier alpha value is -3.09. The number of oxazole rings is 1. The van der Waals surface area contributed by atoms with E-state index in [1.807, 2.05) is 30.5 Å². The number of para-hydroxylation sites is 1. The largest absolute Gasteiger partial charge is 0.466 e. The van der Waals surface area contributed by atoms with Crippen molar-refractivity contribution >= 4 is 22.8 Å². The molecule has 1 aromatic carbocycles. The number of carbonyl (C=O) groups is 2. The average molecular weight is 341 g/mol. The zero-order valence-electron chi connectivity index (χ0n) is 13.8. The third kappa shape index (κ3) is 4.06. The average Bonchev–Trinajstić information content (AvgIpc) is 3.24. The van der Waals surface area contributed by atoms with Crippen LogP contribution in [0.5, 0.6) is 0 Å². The fourth-order valence-corrected chi connectivity index (χ4v) is 2.73. The van der Waals surface area contributed by atoms with E-state index in [0.717, 1.165) is 16.5 Å². The SMILES string of the molecule is CCOC(=O)CC(=O)N[C@@H](Cc1c[nH]c2ccccc12)c1cnco1. The predicted octanol–water partition coefficient (Wildman–Crippen LogP) is 2.51. The van der Waals surface area contributed by atoms with Crippen LogP contribution in [0, 0.1) is 0 Å². The minimum absolute atomic E-state index is 0.243. The van der Waals surface area contributed by atoms with E-state index in [4.69, 9.17) is 9.15 Å². The van der Waals surface area contributed by atoms with Crippen LogP contribution >= 0.6 is 0 Å². The topological polar surface area (TPSA) is 97.2 Å². The van der Waals surface area contributed by atoms with E-state index >= 15 is 0 Å². The monoisotopic (exact) mass is 341 g/mol. The van der Waals surface area contributed by atoms with Crippen molar-refractivity contribution in [2.75, 3.05) is 6.61 Å². The summed E-state index contributed by atoms with van der Waals surface area (Å²) in [5, 5.41) is 3.90. The third-order valence-corrected chi connectivity index (χ3v) is 3.84. The van der Waals surface area contributed by atoms with Crippen LogP contribution in [0.25, 0.3) is 10.9 Å². The van der Waals surface area contributed by atoms with Gasteiger partial charge in [0.2, 0.25) is 5.91 Å². The van der Waals surface area contributed by atoms with Gasteiger partial charge in [0, 0.05) is 23.5 Å². The lowest BCUT2D eigenvalue weighted by atomic mass is 10.0. The van der Waals surface area contributed by atoms with Crippen LogP contribution in [0.3, 0.4) is 0 Å². The van der Waals surface area contributed by atoms with E-state index in [1.165, 1.54) is 6.39 Å². The van der Waals surface area contributed by atoms with Crippen LogP contribution in [0.1, 0.15) is 30.7 Å². The maximum Gasteiger partial charge on any atom is 0.315 e. The Labute approximate surface area is 144 Å². The first-order chi connectivity index (χ1) is 12.2. The fourth-order valence-electron chi connectivity index (χ4n) is 2.73. The molecule has 0 aliphatic rings. The number of benzene rings is 1. The van der Waals surface area contributed by atoms with Crippen LogP contribution in [0.2, 0.25) is 0 Å². The van der Waals surface area contributed by atoms with Gasteiger partial charge >= 0.3 is 5.97 Å². The molecule has 2 N–H and O–H groups in total. The van der Waals surface area contributed by atoms with Gasteiger partial charge in [0.05, 0.1) is 18.8 Å². The molecule has 7 nitrogen and oxygen atoms in total. The lowest BCUT2D eigenvalue weighted by molar-refractivity contribution is -0.146. The number of rotatable bonds is 7. The molecule has 0 saturated carbocycles. The number of fused-ring (bicyclic) bond motifs is 1. The van der Waals surface area contributed by atoms with Crippen molar-refractivity contribution in [3.05, 3.63) is 54.4 Å². The Bertz CT molecular complexity index is 854. The highest BCUT2D eigenvalue weighted by Gasteiger charge is 2.21. The molecule has 1 amide bonds. The summed E-state index contributed by atoms with van der Waals surface area (Å²) in [4.78, 5) is 30.8. The van der Waals surface area contributed by atoms with Crippen molar-refractivity contribution in [1.82, 2.24) is 15.3 Å². The van der Waals surface area contributed by atoms with Gasteiger partial charge in [-0.2, -0.15) is 0 Å². The van der Waals surface area contributed by atoms with Gasteiger partial charge in [-0.3, -0.25) is 9.59 Å². The number of ether oxygens (including phenoxy) is 1. The second kappa shape index (κ2) is 7.65. The maximum atomic E-state index is 12.1. The number of nitrogens with one attached hydrogen (secondary N) is 2. The molecule has 3 aromatic rings. The molecule has 2 heterocycles. The van der Waals surface area contributed by atoms with Gasteiger partial charge in [-0.1, -0.05) is 18.2 Å². The molecule has 130 valence electrons. The Balaban J connectivity index is 1.76. The van der Waals surface area contributed by atoms with Crippen molar-refractivity contribution in [2.45, 2.75) is 25.8 Å². The van der Waals surface area contributed by atoms with E-state index < -0.39 is 17.9 Å². The Morgan fingerprint density at radius 3 is 2.96 bits per heavy atom. The molecule has 2 aromatic heterocycles. The van der Waals surface area contributed by atoms with Crippen molar-refractivity contribution in [1.29, 1.82) is 0 Å². The maximum absolute atomic E-state index is 12.1. The number of H-pyrrole nitrogens is 1.